The van der Waals surface area contributed by atoms with Crippen LogP contribution in [0.1, 0.15) is 19.4 Å². The molecule has 0 saturated carbocycles. The fourth-order valence-corrected chi connectivity index (χ4v) is 1.85. The highest BCUT2D eigenvalue weighted by Crippen LogP contribution is 2.27. The molecule has 1 unspecified atom stereocenters. The van der Waals surface area contributed by atoms with Crippen LogP contribution in [0.5, 0.6) is 0 Å². The van der Waals surface area contributed by atoms with Crippen molar-refractivity contribution in [1.29, 1.82) is 0 Å². The Morgan fingerprint density at radius 3 is 2.59 bits per heavy atom. The Morgan fingerprint density at radius 2 is 2.00 bits per heavy atom. The molecule has 4 heteroatoms. The molecule has 0 aromatic heterocycles. The molecule has 90 valence electrons. The SMILES string of the molecule is CN(C=O)C1OC(C)(C)N=C1c1ccccc1. The molecule has 1 atom stereocenters. The predicted octanol–water partition coefficient (Wildman–Crippen LogP) is 1.66. The third kappa shape index (κ3) is 2.36. The second-order valence-electron chi connectivity index (χ2n) is 4.55. The van der Waals surface area contributed by atoms with Crippen LogP contribution in [0, 0.1) is 0 Å². The first-order valence-electron chi connectivity index (χ1n) is 5.54. The third-order valence-electron chi connectivity index (χ3n) is 2.63. The number of hydrogen-bond acceptors (Lipinski definition) is 3. The van der Waals surface area contributed by atoms with Crippen molar-refractivity contribution in [2.75, 3.05) is 7.05 Å². The third-order valence-corrected chi connectivity index (χ3v) is 2.63. The van der Waals surface area contributed by atoms with E-state index in [1.54, 1.807) is 7.05 Å². The summed E-state index contributed by atoms with van der Waals surface area (Å²) in [6.45, 7) is 3.77. The Hall–Kier alpha value is -1.68. The van der Waals surface area contributed by atoms with Crippen molar-refractivity contribution >= 4 is 12.1 Å². The number of carbonyl (C=O) groups is 1. The van der Waals surface area contributed by atoms with Crippen molar-refractivity contribution in [1.82, 2.24) is 4.90 Å². The summed E-state index contributed by atoms with van der Waals surface area (Å²) < 4.78 is 5.76. The molecule has 1 aliphatic rings. The molecule has 2 rings (SSSR count). The normalized spacial score (nSPS) is 22.1. The molecule has 1 aromatic rings. The van der Waals surface area contributed by atoms with Crippen LogP contribution in [0.3, 0.4) is 0 Å². The quantitative estimate of drug-likeness (QED) is 0.744. The number of rotatable bonds is 3. The van der Waals surface area contributed by atoms with E-state index < -0.39 is 12.0 Å². The molecule has 0 aliphatic carbocycles. The van der Waals surface area contributed by atoms with Gasteiger partial charge >= 0.3 is 0 Å². The van der Waals surface area contributed by atoms with E-state index in [0.29, 0.717) is 0 Å². The van der Waals surface area contributed by atoms with E-state index in [1.165, 1.54) is 4.90 Å². The molecule has 4 nitrogen and oxygen atoms in total. The molecule has 0 N–H and O–H groups in total. The standard InChI is InChI=1S/C13H16N2O2/c1-13(2)14-11(10-7-5-4-6-8-10)12(17-13)15(3)9-16/h4-9,12H,1-3H3. The van der Waals surface area contributed by atoms with Crippen molar-refractivity contribution in [3.05, 3.63) is 35.9 Å². The van der Waals surface area contributed by atoms with Gasteiger partial charge in [0.2, 0.25) is 6.41 Å². The van der Waals surface area contributed by atoms with Crippen LogP contribution in [0.2, 0.25) is 0 Å². The highest BCUT2D eigenvalue weighted by molar-refractivity contribution is 6.05. The first-order valence-corrected chi connectivity index (χ1v) is 5.54. The topological polar surface area (TPSA) is 41.9 Å². The number of benzene rings is 1. The van der Waals surface area contributed by atoms with Crippen molar-refractivity contribution in [3.63, 3.8) is 0 Å². The minimum atomic E-state index is -0.590. The minimum Gasteiger partial charge on any atom is -0.325 e. The van der Waals surface area contributed by atoms with E-state index >= 15 is 0 Å². The van der Waals surface area contributed by atoms with Gasteiger partial charge in [0.15, 0.2) is 12.0 Å². The maximum Gasteiger partial charge on any atom is 0.211 e. The smallest absolute Gasteiger partial charge is 0.211 e. The number of nitrogens with zero attached hydrogens (tertiary/aromatic N) is 2. The van der Waals surface area contributed by atoms with E-state index in [1.807, 2.05) is 44.2 Å². The number of aliphatic imine (C=N–C) groups is 1. The molecule has 1 aromatic carbocycles. The number of ether oxygens (including phenoxy) is 1. The van der Waals surface area contributed by atoms with Crippen molar-refractivity contribution in [3.8, 4) is 0 Å². The van der Waals surface area contributed by atoms with Crippen LogP contribution in [-0.2, 0) is 9.53 Å². The zero-order chi connectivity index (χ0) is 12.5. The van der Waals surface area contributed by atoms with Gasteiger partial charge < -0.3 is 9.64 Å². The van der Waals surface area contributed by atoms with Crippen LogP contribution >= 0.6 is 0 Å². The summed E-state index contributed by atoms with van der Waals surface area (Å²) in [6.07, 6.45) is 0.342. The van der Waals surface area contributed by atoms with Gasteiger partial charge in [0, 0.05) is 12.6 Å². The lowest BCUT2D eigenvalue weighted by atomic mass is 10.1. The fourth-order valence-electron chi connectivity index (χ4n) is 1.85. The fraction of sp³-hybridized carbons (Fsp3) is 0.385. The van der Waals surface area contributed by atoms with E-state index in [2.05, 4.69) is 4.99 Å². The van der Waals surface area contributed by atoms with Gasteiger partial charge in [-0.15, -0.1) is 0 Å². The van der Waals surface area contributed by atoms with Gasteiger partial charge in [-0.05, 0) is 13.8 Å². The largest absolute Gasteiger partial charge is 0.325 e. The van der Waals surface area contributed by atoms with Crippen molar-refractivity contribution in [2.45, 2.75) is 25.8 Å². The number of carbonyl (C=O) groups excluding carboxylic acids is 1. The summed E-state index contributed by atoms with van der Waals surface area (Å²) in [7, 11) is 1.69. The van der Waals surface area contributed by atoms with Crippen LogP contribution in [0.15, 0.2) is 35.3 Å². The lowest BCUT2D eigenvalue weighted by molar-refractivity contribution is -0.130. The molecule has 1 heterocycles. The Morgan fingerprint density at radius 1 is 1.35 bits per heavy atom. The van der Waals surface area contributed by atoms with Crippen molar-refractivity contribution < 1.29 is 9.53 Å². The average Bonchev–Trinajstić information content (AvgIpc) is 2.65. The minimum absolute atomic E-state index is 0.412. The maximum atomic E-state index is 10.9. The number of hydrogen-bond donors (Lipinski definition) is 0. The molecule has 0 radical (unpaired) electrons. The molecular weight excluding hydrogens is 216 g/mol. The molecular formula is C13H16N2O2. The number of amides is 1. The first kappa shape index (κ1) is 11.8. The zero-order valence-electron chi connectivity index (χ0n) is 10.3. The molecule has 0 saturated heterocycles. The summed E-state index contributed by atoms with van der Waals surface area (Å²) in [5.41, 5.74) is 1.19. The average molecular weight is 232 g/mol. The van der Waals surface area contributed by atoms with E-state index in [9.17, 15) is 4.79 Å². The summed E-state index contributed by atoms with van der Waals surface area (Å²) in [5, 5.41) is 0. The van der Waals surface area contributed by atoms with Gasteiger partial charge in [-0.3, -0.25) is 9.79 Å². The lowest BCUT2D eigenvalue weighted by Crippen LogP contribution is -2.39. The van der Waals surface area contributed by atoms with Crippen LogP contribution in [0.4, 0.5) is 0 Å². The molecule has 0 fully saturated rings. The Bertz CT molecular complexity index is 440. The van der Waals surface area contributed by atoms with E-state index in [4.69, 9.17) is 4.74 Å². The maximum absolute atomic E-state index is 10.9. The Kier molecular flexibility index (Phi) is 2.98. The Balaban J connectivity index is 2.38. The molecule has 0 spiro atoms. The van der Waals surface area contributed by atoms with E-state index in [0.717, 1.165) is 17.7 Å². The van der Waals surface area contributed by atoms with Gasteiger partial charge in [-0.1, -0.05) is 30.3 Å². The first-order chi connectivity index (χ1) is 8.03. The molecule has 17 heavy (non-hydrogen) atoms. The molecule has 1 aliphatic heterocycles. The summed E-state index contributed by atoms with van der Waals surface area (Å²) in [4.78, 5) is 16.9. The Labute approximate surface area is 101 Å². The van der Waals surface area contributed by atoms with Gasteiger partial charge in [0.1, 0.15) is 0 Å². The second-order valence-corrected chi connectivity index (χ2v) is 4.55. The molecule has 0 bridgehead atoms. The van der Waals surface area contributed by atoms with Crippen LogP contribution < -0.4 is 0 Å². The zero-order valence-corrected chi connectivity index (χ0v) is 10.3. The highest BCUT2D eigenvalue weighted by Gasteiger charge is 2.37. The summed E-state index contributed by atoms with van der Waals surface area (Å²) >= 11 is 0. The van der Waals surface area contributed by atoms with Crippen LogP contribution in [0.25, 0.3) is 0 Å². The monoisotopic (exact) mass is 232 g/mol. The molecule has 1 amide bonds. The van der Waals surface area contributed by atoms with Crippen molar-refractivity contribution in [2.24, 2.45) is 4.99 Å². The second kappa shape index (κ2) is 4.30. The van der Waals surface area contributed by atoms with Gasteiger partial charge in [-0.2, -0.15) is 0 Å². The van der Waals surface area contributed by atoms with Gasteiger partial charge in [0.25, 0.3) is 0 Å². The highest BCUT2D eigenvalue weighted by atomic mass is 16.5. The summed E-state index contributed by atoms with van der Waals surface area (Å²) in [5.74, 6) is 0. The predicted molar refractivity (Wildman–Crippen MR) is 65.8 cm³/mol. The van der Waals surface area contributed by atoms with Crippen LogP contribution in [-0.4, -0.2) is 36.0 Å². The lowest BCUT2D eigenvalue weighted by Gasteiger charge is -2.23. The number of likely N-dealkylation sites (N-methyl/N-ethyl adjacent to an activating group) is 1. The van der Waals surface area contributed by atoms with E-state index in [-0.39, 0.29) is 0 Å². The van der Waals surface area contributed by atoms with Gasteiger partial charge in [0.05, 0.1) is 5.71 Å². The van der Waals surface area contributed by atoms with Gasteiger partial charge in [-0.25, -0.2) is 0 Å². The summed E-state index contributed by atoms with van der Waals surface area (Å²) in [6, 6.07) is 9.77.